The van der Waals surface area contributed by atoms with Crippen LogP contribution in [0.15, 0.2) is 24.3 Å². The molecular weight excluding hydrogens is 256 g/mol. The first-order valence-electron chi connectivity index (χ1n) is 6.84. The number of imide groups is 1. The first kappa shape index (κ1) is 12.8. The Bertz CT molecular complexity index is 581. The lowest BCUT2D eigenvalue weighted by molar-refractivity contribution is -0.145. The summed E-state index contributed by atoms with van der Waals surface area (Å²) in [5.41, 5.74) is 2.02. The van der Waals surface area contributed by atoms with E-state index in [2.05, 4.69) is 0 Å². The average Bonchev–Trinajstić information content (AvgIpc) is 3.01. The van der Waals surface area contributed by atoms with Crippen molar-refractivity contribution in [3.63, 3.8) is 0 Å². The molecule has 5 nitrogen and oxygen atoms in total. The molecule has 0 spiro atoms. The summed E-state index contributed by atoms with van der Waals surface area (Å²) in [4.78, 5) is 38.8. The van der Waals surface area contributed by atoms with Gasteiger partial charge in [0, 0.05) is 25.1 Å². The van der Waals surface area contributed by atoms with E-state index in [0.29, 0.717) is 6.54 Å². The van der Waals surface area contributed by atoms with Crippen LogP contribution < -0.4 is 4.90 Å². The molecule has 0 aliphatic carbocycles. The van der Waals surface area contributed by atoms with Gasteiger partial charge in [0.2, 0.25) is 17.7 Å². The van der Waals surface area contributed by atoms with Gasteiger partial charge < -0.3 is 4.90 Å². The molecule has 0 aromatic heterocycles. The number of para-hydroxylation sites is 1. The maximum Gasteiger partial charge on any atom is 0.250 e. The van der Waals surface area contributed by atoms with Gasteiger partial charge in [-0.05, 0) is 25.0 Å². The van der Waals surface area contributed by atoms with Gasteiger partial charge in [0.05, 0.1) is 0 Å². The van der Waals surface area contributed by atoms with Crippen molar-refractivity contribution in [3.05, 3.63) is 29.8 Å². The molecule has 0 saturated carbocycles. The highest BCUT2D eigenvalue weighted by Crippen LogP contribution is 2.29. The second kappa shape index (κ2) is 4.74. The van der Waals surface area contributed by atoms with Crippen LogP contribution in [0, 0.1) is 0 Å². The van der Waals surface area contributed by atoms with Gasteiger partial charge in [-0.15, -0.1) is 0 Å². The van der Waals surface area contributed by atoms with Crippen LogP contribution >= 0.6 is 0 Å². The Morgan fingerprint density at radius 1 is 1.10 bits per heavy atom. The lowest BCUT2D eigenvalue weighted by Crippen LogP contribution is -2.48. The second-order valence-electron chi connectivity index (χ2n) is 5.20. The molecule has 3 rings (SSSR count). The summed E-state index contributed by atoms with van der Waals surface area (Å²) >= 11 is 0. The minimum Gasteiger partial charge on any atom is -0.310 e. The number of hydrogen-bond donors (Lipinski definition) is 0. The van der Waals surface area contributed by atoms with Crippen LogP contribution in [0.1, 0.15) is 25.3 Å². The molecule has 1 aromatic carbocycles. The molecule has 20 heavy (non-hydrogen) atoms. The van der Waals surface area contributed by atoms with Crippen LogP contribution in [0.25, 0.3) is 0 Å². The van der Waals surface area contributed by atoms with Crippen molar-refractivity contribution in [2.24, 2.45) is 0 Å². The van der Waals surface area contributed by atoms with Crippen molar-refractivity contribution in [3.8, 4) is 0 Å². The molecule has 3 amide bonds. The Morgan fingerprint density at radius 3 is 2.45 bits per heavy atom. The van der Waals surface area contributed by atoms with Crippen LogP contribution in [-0.2, 0) is 20.8 Å². The fourth-order valence-corrected chi connectivity index (χ4v) is 2.93. The summed E-state index contributed by atoms with van der Waals surface area (Å²) < 4.78 is 0. The van der Waals surface area contributed by atoms with Gasteiger partial charge in [-0.1, -0.05) is 18.2 Å². The van der Waals surface area contributed by atoms with Crippen molar-refractivity contribution in [1.82, 2.24) is 4.90 Å². The number of likely N-dealkylation sites (tertiary alicyclic amines) is 1. The number of rotatable bonds is 2. The van der Waals surface area contributed by atoms with E-state index in [0.717, 1.165) is 22.6 Å². The van der Waals surface area contributed by atoms with E-state index >= 15 is 0 Å². The molecule has 1 fully saturated rings. The molecule has 5 heteroatoms. The Morgan fingerprint density at radius 2 is 1.75 bits per heavy atom. The molecule has 0 unspecified atom stereocenters. The summed E-state index contributed by atoms with van der Waals surface area (Å²) in [5.74, 6) is -0.676. The zero-order chi connectivity index (χ0) is 14.3. The molecule has 2 aliphatic rings. The van der Waals surface area contributed by atoms with Crippen molar-refractivity contribution < 1.29 is 14.4 Å². The molecule has 1 saturated heterocycles. The van der Waals surface area contributed by atoms with Gasteiger partial charge in [-0.2, -0.15) is 0 Å². The fourth-order valence-electron chi connectivity index (χ4n) is 2.93. The number of amides is 3. The number of benzene rings is 1. The molecule has 104 valence electrons. The minimum absolute atomic E-state index is 0.182. The van der Waals surface area contributed by atoms with E-state index in [9.17, 15) is 14.4 Å². The summed E-state index contributed by atoms with van der Waals surface area (Å²) in [7, 11) is 0. The predicted molar refractivity (Wildman–Crippen MR) is 73.0 cm³/mol. The van der Waals surface area contributed by atoms with Crippen LogP contribution in [-0.4, -0.2) is 35.2 Å². The number of anilines is 1. The van der Waals surface area contributed by atoms with Gasteiger partial charge in [-0.25, -0.2) is 0 Å². The molecule has 2 heterocycles. The van der Waals surface area contributed by atoms with Gasteiger partial charge in [0.25, 0.3) is 0 Å². The molecule has 2 aliphatic heterocycles. The fraction of sp³-hybridized carbons (Fsp3) is 0.400. The van der Waals surface area contributed by atoms with Gasteiger partial charge in [-0.3, -0.25) is 19.3 Å². The van der Waals surface area contributed by atoms with Crippen LogP contribution in [0.2, 0.25) is 0 Å². The lowest BCUT2D eigenvalue weighted by Gasteiger charge is -2.26. The zero-order valence-corrected chi connectivity index (χ0v) is 11.3. The Hall–Kier alpha value is -2.17. The first-order valence-corrected chi connectivity index (χ1v) is 6.84. The molecule has 0 N–H and O–H groups in total. The van der Waals surface area contributed by atoms with Crippen molar-refractivity contribution in [2.75, 3.05) is 11.4 Å². The zero-order valence-electron chi connectivity index (χ0n) is 11.3. The number of carbonyl (C=O) groups is 3. The van der Waals surface area contributed by atoms with E-state index in [1.165, 1.54) is 0 Å². The van der Waals surface area contributed by atoms with E-state index < -0.39 is 6.04 Å². The minimum atomic E-state index is -0.719. The topological polar surface area (TPSA) is 57.7 Å². The highest BCUT2D eigenvalue weighted by Gasteiger charge is 2.39. The summed E-state index contributed by atoms with van der Waals surface area (Å²) in [5, 5.41) is 0. The highest BCUT2D eigenvalue weighted by molar-refractivity contribution is 6.08. The number of carbonyl (C=O) groups excluding carboxylic acids is 3. The Labute approximate surface area is 117 Å². The van der Waals surface area contributed by atoms with E-state index in [1.807, 2.05) is 24.3 Å². The van der Waals surface area contributed by atoms with E-state index in [1.54, 1.807) is 11.8 Å². The SMILES string of the molecule is C[C@H](C(=O)N1CCc2ccccc21)N1C(=O)CCC1=O. The van der Waals surface area contributed by atoms with Crippen molar-refractivity contribution in [2.45, 2.75) is 32.2 Å². The third kappa shape index (κ3) is 1.90. The molecule has 1 aromatic rings. The molecule has 1 atom stereocenters. The van der Waals surface area contributed by atoms with Gasteiger partial charge >= 0.3 is 0 Å². The highest BCUT2D eigenvalue weighted by atomic mass is 16.2. The summed E-state index contributed by atoms with van der Waals surface area (Å²) in [6.07, 6.45) is 1.25. The maximum atomic E-state index is 12.6. The second-order valence-corrected chi connectivity index (χ2v) is 5.20. The predicted octanol–water partition coefficient (Wildman–Crippen LogP) is 1.11. The largest absolute Gasteiger partial charge is 0.310 e. The van der Waals surface area contributed by atoms with Gasteiger partial charge in [0.15, 0.2) is 0 Å². The standard InChI is InChI=1S/C15H16N2O3/c1-10(17-13(18)6-7-14(17)19)15(20)16-9-8-11-4-2-3-5-12(11)16/h2-5,10H,6-9H2,1H3/t10-/m1/s1. The van der Waals surface area contributed by atoms with Crippen LogP contribution in [0.5, 0.6) is 0 Å². The average molecular weight is 272 g/mol. The van der Waals surface area contributed by atoms with Crippen molar-refractivity contribution in [1.29, 1.82) is 0 Å². The Balaban J connectivity index is 1.83. The molecular formula is C15H16N2O3. The third-order valence-corrected chi connectivity index (χ3v) is 3.99. The summed E-state index contributed by atoms with van der Waals surface area (Å²) in [6, 6.07) is 7.02. The monoisotopic (exact) mass is 272 g/mol. The van der Waals surface area contributed by atoms with E-state index in [4.69, 9.17) is 0 Å². The molecule has 0 radical (unpaired) electrons. The number of fused-ring (bicyclic) bond motifs is 1. The molecule has 0 bridgehead atoms. The first-order chi connectivity index (χ1) is 9.59. The van der Waals surface area contributed by atoms with E-state index in [-0.39, 0.29) is 30.6 Å². The Kier molecular flexibility index (Phi) is 3.04. The van der Waals surface area contributed by atoms with Crippen LogP contribution in [0.3, 0.4) is 0 Å². The normalized spacial score (nSPS) is 19.4. The summed E-state index contributed by atoms with van der Waals surface area (Å²) in [6.45, 7) is 2.24. The quantitative estimate of drug-likeness (QED) is 0.758. The lowest BCUT2D eigenvalue weighted by atomic mass is 10.2. The number of nitrogens with zero attached hydrogens (tertiary/aromatic N) is 2. The van der Waals surface area contributed by atoms with Gasteiger partial charge in [0.1, 0.15) is 6.04 Å². The van der Waals surface area contributed by atoms with Crippen molar-refractivity contribution >= 4 is 23.4 Å². The maximum absolute atomic E-state index is 12.6. The van der Waals surface area contributed by atoms with Crippen LogP contribution in [0.4, 0.5) is 5.69 Å². The smallest absolute Gasteiger partial charge is 0.250 e. The number of hydrogen-bond acceptors (Lipinski definition) is 3. The third-order valence-electron chi connectivity index (χ3n) is 3.99.